The summed E-state index contributed by atoms with van der Waals surface area (Å²) < 4.78 is 2.44. The molecule has 3 rings (SSSR count). The van der Waals surface area contributed by atoms with E-state index >= 15 is 0 Å². The molecule has 0 aliphatic carbocycles. The van der Waals surface area contributed by atoms with Crippen LogP contribution in [-0.2, 0) is 0 Å². The van der Waals surface area contributed by atoms with Crippen LogP contribution in [0.3, 0.4) is 0 Å². The molecule has 2 heteroatoms. The van der Waals surface area contributed by atoms with Crippen LogP contribution in [0.5, 0.6) is 0 Å². The van der Waals surface area contributed by atoms with Crippen molar-refractivity contribution in [2.75, 3.05) is 0 Å². The van der Waals surface area contributed by atoms with Crippen molar-refractivity contribution in [3.63, 3.8) is 0 Å². The topological polar surface area (TPSA) is 0 Å². The van der Waals surface area contributed by atoms with Crippen molar-refractivity contribution >= 4 is 38.5 Å². The van der Waals surface area contributed by atoms with Gasteiger partial charge in [-0.15, -0.1) is 0 Å². The lowest BCUT2D eigenvalue weighted by atomic mass is 9.85. The van der Waals surface area contributed by atoms with Gasteiger partial charge in [0, 0.05) is 14.0 Å². The molecule has 0 heterocycles. The van der Waals surface area contributed by atoms with Gasteiger partial charge < -0.3 is 0 Å². The molecule has 0 amide bonds. The SMILES string of the molecule is Brc1ccccc1C(c1ccccc1)c1ccccc1I. The van der Waals surface area contributed by atoms with Crippen LogP contribution in [0.1, 0.15) is 22.6 Å². The lowest BCUT2D eigenvalue weighted by Gasteiger charge is -2.21. The molecule has 0 bridgehead atoms. The molecule has 3 aromatic carbocycles. The maximum absolute atomic E-state index is 3.71. The number of rotatable bonds is 3. The second-order valence-electron chi connectivity index (χ2n) is 4.89. The summed E-state index contributed by atoms with van der Waals surface area (Å²) in [5, 5.41) is 0. The molecular weight excluding hydrogens is 435 g/mol. The third-order valence-electron chi connectivity index (χ3n) is 3.57. The molecule has 21 heavy (non-hydrogen) atoms. The van der Waals surface area contributed by atoms with Gasteiger partial charge in [0.2, 0.25) is 0 Å². The standard InChI is InChI=1S/C19H14BrI/c20-17-12-6-4-10-15(17)19(14-8-2-1-3-9-14)16-11-5-7-13-18(16)21/h1-13,19H. The Kier molecular flexibility index (Phi) is 4.76. The predicted octanol–water partition coefficient (Wildman–Crippen LogP) is 6.23. The Hall–Kier alpha value is -1.13. The van der Waals surface area contributed by atoms with Crippen molar-refractivity contribution in [3.05, 3.63) is 104 Å². The van der Waals surface area contributed by atoms with Crippen LogP contribution >= 0.6 is 38.5 Å². The van der Waals surface area contributed by atoms with Crippen LogP contribution in [0, 0.1) is 3.57 Å². The van der Waals surface area contributed by atoms with E-state index in [2.05, 4.69) is 117 Å². The Bertz CT molecular complexity index is 692. The first-order valence-corrected chi connectivity index (χ1v) is 8.68. The second-order valence-corrected chi connectivity index (χ2v) is 6.90. The summed E-state index contributed by atoms with van der Waals surface area (Å²) in [5.41, 5.74) is 3.96. The van der Waals surface area contributed by atoms with E-state index in [-0.39, 0.29) is 5.92 Å². The smallest absolute Gasteiger partial charge is 0.0361 e. The molecule has 0 saturated heterocycles. The molecule has 0 aliphatic rings. The van der Waals surface area contributed by atoms with Crippen molar-refractivity contribution in [1.29, 1.82) is 0 Å². The average Bonchev–Trinajstić information content (AvgIpc) is 2.52. The van der Waals surface area contributed by atoms with Gasteiger partial charge in [-0.1, -0.05) is 82.7 Å². The molecule has 0 aliphatic heterocycles. The van der Waals surface area contributed by atoms with Crippen molar-refractivity contribution < 1.29 is 0 Å². The third-order valence-corrected chi connectivity index (χ3v) is 5.27. The Morgan fingerprint density at radius 2 is 1.24 bits per heavy atom. The Labute approximate surface area is 147 Å². The zero-order valence-electron chi connectivity index (χ0n) is 11.3. The van der Waals surface area contributed by atoms with E-state index in [0.717, 1.165) is 4.47 Å². The maximum atomic E-state index is 3.71. The van der Waals surface area contributed by atoms with Crippen LogP contribution in [0.25, 0.3) is 0 Å². The van der Waals surface area contributed by atoms with Gasteiger partial charge in [-0.2, -0.15) is 0 Å². The van der Waals surface area contributed by atoms with Gasteiger partial charge in [0.1, 0.15) is 0 Å². The second kappa shape index (κ2) is 6.75. The molecule has 0 aromatic heterocycles. The van der Waals surface area contributed by atoms with E-state index in [1.807, 2.05) is 0 Å². The van der Waals surface area contributed by atoms with Crippen molar-refractivity contribution in [2.45, 2.75) is 5.92 Å². The monoisotopic (exact) mass is 448 g/mol. The fourth-order valence-corrected chi connectivity index (χ4v) is 3.80. The van der Waals surface area contributed by atoms with E-state index in [4.69, 9.17) is 0 Å². The maximum Gasteiger partial charge on any atom is 0.0361 e. The summed E-state index contributed by atoms with van der Waals surface area (Å²) in [6.07, 6.45) is 0. The molecule has 0 nitrogen and oxygen atoms in total. The van der Waals surface area contributed by atoms with Gasteiger partial charge in [0.25, 0.3) is 0 Å². The summed E-state index contributed by atoms with van der Waals surface area (Å²) in [4.78, 5) is 0. The summed E-state index contributed by atoms with van der Waals surface area (Å²) in [6.45, 7) is 0. The molecule has 0 radical (unpaired) electrons. The first kappa shape index (κ1) is 14.8. The highest BCUT2D eigenvalue weighted by molar-refractivity contribution is 14.1. The van der Waals surface area contributed by atoms with Gasteiger partial charge in [-0.25, -0.2) is 0 Å². The fourth-order valence-electron chi connectivity index (χ4n) is 2.59. The van der Waals surface area contributed by atoms with Gasteiger partial charge in [0.15, 0.2) is 0 Å². The number of hydrogen-bond acceptors (Lipinski definition) is 0. The lowest BCUT2D eigenvalue weighted by Crippen LogP contribution is -2.06. The highest BCUT2D eigenvalue weighted by atomic mass is 127. The first-order chi connectivity index (χ1) is 10.3. The number of hydrogen-bond donors (Lipinski definition) is 0. The van der Waals surface area contributed by atoms with Gasteiger partial charge in [0.05, 0.1) is 0 Å². The molecule has 1 atom stereocenters. The molecular formula is C19H14BrI. The summed E-state index contributed by atoms with van der Waals surface area (Å²) in [6, 6.07) is 27.8. The lowest BCUT2D eigenvalue weighted by molar-refractivity contribution is 0.962. The normalized spacial score (nSPS) is 12.1. The molecule has 3 aromatic rings. The quantitative estimate of drug-likeness (QED) is 0.329. The van der Waals surface area contributed by atoms with Crippen LogP contribution in [0.4, 0.5) is 0 Å². The van der Waals surface area contributed by atoms with Crippen molar-refractivity contribution in [1.82, 2.24) is 0 Å². The van der Waals surface area contributed by atoms with Crippen LogP contribution in [-0.4, -0.2) is 0 Å². The Morgan fingerprint density at radius 3 is 1.90 bits per heavy atom. The Balaban J connectivity index is 2.22. The summed E-state index contributed by atoms with van der Waals surface area (Å²) >= 11 is 6.14. The largest absolute Gasteiger partial charge is 0.0622 e. The highest BCUT2D eigenvalue weighted by Gasteiger charge is 2.20. The number of halogens is 2. The van der Waals surface area contributed by atoms with Crippen molar-refractivity contribution in [3.8, 4) is 0 Å². The van der Waals surface area contributed by atoms with E-state index < -0.39 is 0 Å². The molecule has 1 unspecified atom stereocenters. The summed E-state index contributed by atoms with van der Waals surface area (Å²) in [5.74, 6) is 0.245. The van der Waals surface area contributed by atoms with Gasteiger partial charge in [-0.05, 0) is 51.4 Å². The molecule has 0 N–H and O–H groups in total. The summed E-state index contributed by atoms with van der Waals surface area (Å²) in [7, 11) is 0. The average molecular weight is 449 g/mol. The minimum Gasteiger partial charge on any atom is -0.0622 e. The van der Waals surface area contributed by atoms with E-state index in [9.17, 15) is 0 Å². The molecule has 104 valence electrons. The molecule has 0 spiro atoms. The van der Waals surface area contributed by atoms with Gasteiger partial charge >= 0.3 is 0 Å². The van der Waals surface area contributed by atoms with Crippen LogP contribution < -0.4 is 0 Å². The molecule has 0 fully saturated rings. The van der Waals surface area contributed by atoms with Crippen LogP contribution in [0.2, 0.25) is 0 Å². The van der Waals surface area contributed by atoms with Crippen molar-refractivity contribution in [2.24, 2.45) is 0 Å². The number of benzene rings is 3. The van der Waals surface area contributed by atoms with Gasteiger partial charge in [-0.3, -0.25) is 0 Å². The minimum absolute atomic E-state index is 0.245. The predicted molar refractivity (Wildman–Crippen MR) is 101 cm³/mol. The fraction of sp³-hybridized carbons (Fsp3) is 0.0526. The minimum atomic E-state index is 0.245. The van der Waals surface area contributed by atoms with E-state index in [1.54, 1.807) is 0 Å². The van der Waals surface area contributed by atoms with E-state index in [1.165, 1.54) is 20.3 Å². The first-order valence-electron chi connectivity index (χ1n) is 6.81. The third kappa shape index (κ3) is 3.22. The van der Waals surface area contributed by atoms with E-state index in [0.29, 0.717) is 0 Å². The van der Waals surface area contributed by atoms with Crippen LogP contribution in [0.15, 0.2) is 83.3 Å². The zero-order chi connectivity index (χ0) is 14.7. The highest BCUT2D eigenvalue weighted by Crippen LogP contribution is 2.37. The zero-order valence-corrected chi connectivity index (χ0v) is 15.1. The molecule has 0 saturated carbocycles. The Morgan fingerprint density at radius 1 is 0.667 bits per heavy atom.